The average Bonchev–Trinajstić information content (AvgIpc) is 3.04. The van der Waals surface area contributed by atoms with Crippen LogP contribution in [0.4, 0.5) is 0 Å². The molecule has 1 saturated heterocycles. The highest BCUT2D eigenvalue weighted by Crippen LogP contribution is 2.54. The summed E-state index contributed by atoms with van der Waals surface area (Å²) in [4.78, 5) is 0. The molecule has 2 saturated carbocycles. The maximum Gasteiger partial charge on any atom is 0.168 e. The maximum atomic E-state index is 9.57. The Morgan fingerprint density at radius 2 is 1.67 bits per heavy atom. The first-order valence-corrected chi connectivity index (χ1v) is 6.90. The van der Waals surface area contributed by atoms with Gasteiger partial charge in [0.25, 0.3) is 0 Å². The Hall–Kier alpha value is -0.630. The van der Waals surface area contributed by atoms with E-state index in [0.29, 0.717) is 13.2 Å². The van der Waals surface area contributed by atoms with Crippen LogP contribution in [0.25, 0.3) is 0 Å². The molecule has 3 rings (SSSR count). The van der Waals surface area contributed by atoms with Gasteiger partial charge in [-0.15, -0.1) is 0 Å². The van der Waals surface area contributed by atoms with Gasteiger partial charge in [0.1, 0.15) is 0 Å². The molecule has 4 nitrogen and oxygen atoms in total. The Balaban J connectivity index is 1.66. The molecule has 0 radical (unpaired) electrons. The summed E-state index contributed by atoms with van der Waals surface area (Å²) < 4.78 is 17.0. The topological polar surface area (TPSA) is 51.5 Å². The van der Waals surface area contributed by atoms with E-state index in [0.717, 1.165) is 44.9 Å². The number of methoxy groups -OCH3 is 1. The van der Waals surface area contributed by atoms with Crippen LogP contribution in [-0.4, -0.2) is 31.7 Å². The highest BCUT2D eigenvalue weighted by molar-refractivity contribution is 5.11. The lowest BCUT2D eigenvalue weighted by Gasteiger charge is -2.41. The van der Waals surface area contributed by atoms with E-state index in [1.807, 2.05) is 0 Å². The van der Waals surface area contributed by atoms with Crippen molar-refractivity contribution in [2.24, 2.45) is 5.41 Å². The Morgan fingerprint density at radius 3 is 2.11 bits per heavy atom. The van der Waals surface area contributed by atoms with Crippen LogP contribution in [0.3, 0.4) is 0 Å². The van der Waals surface area contributed by atoms with Crippen LogP contribution >= 0.6 is 0 Å². The van der Waals surface area contributed by atoms with Crippen molar-refractivity contribution < 1.29 is 14.2 Å². The summed E-state index contributed by atoms with van der Waals surface area (Å²) >= 11 is 0. The molecule has 1 spiro atoms. The minimum Gasteiger partial charge on any atom is -0.378 e. The predicted octanol–water partition coefficient (Wildman–Crippen LogP) is 2.38. The lowest BCUT2D eigenvalue weighted by Crippen LogP contribution is -2.41. The molecule has 0 aromatic rings. The van der Waals surface area contributed by atoms with E-state index in [-0.39, 0.29) is 16.8 Å². The molecular formula is C14H21NO3. The SMILES string of the molecule is COC1(CC2(C#N)CCC3(CC2)OCCO3)CC1. The lowest BCUT2D eigenvalue weighted by atomic mass is 9.69. The highest BCUT2D eigenvalue weighted by Gasteiger charge is 2.53. The van der Waals surface area contributed by atoms with Crippen molar-refractivity contribution in [3.8, 4) is 6.07 Å². The van der Waals surface area contributed by atoms with Crippen molar-refractivity contribution in [3.05, 3.63) is 0 Å². The van der Waals surface area contributed by atoms with Crippen molar-refractivity contribution in [2.45, 2.75) is 56.3 Å². The van der Waals surface area contributed by atoms with E-state index in [1.54, 1.807) is 7.11 Å². The molecule has 0 aromatic carbocycles. The summed E-state index contributed by atoms with van der Waals surface area (Å²) in [5, 5.41) is 9.57. The van der Waals surface area contributed by atoms with Gasteiger partial charge in [-0.3, -0.25) is 0 Å². The molecule has 1 heterocycles. The van der Waals surface area contributed by atoms with E-state index in [2.05, 4.69) is 6.07 Å². The third-order valence-electron chi connectivity index (χ3n) is 4.92. The van der Waals surface area contributed by atoms with Gasteiger partial charge in [-0.05, 0) is 32.1 Å². The molecule has 3 aliphatic rings. The molecule has 4 heteroatoms. The number of ether oxygens (including phenoxy) is 3. The number of hydrogen-bond donors (Lipinski definition) is 0. The molecule has 1 aliphatic heterocycles. The highest BCUT2D eigenvalue weighted by atomic mass is 16.7. The minimum atomic E-state index is -0.371. The van der Waals surface area contributed by atoms with Gasteiger partial charge in [0.2, 0.25) is 0 Å². The summed E-state index contributed by atoms with van der Waals surface area (Å²) in [6.45, 7) is 1.39. The van der Waals surface area contributed by atoms with E-state index in [9.17, 15) is 5.26 Å². The van der Waals surface area contributed by atoms with Crippen molar-refractivity contribution in [1.82, 2.24) is 0 Å². The lowest BCUT2D eigenvalue weighted by molar-refractivity contribution is -0.189. The molecule has 0 unspecified atom stereocenters. The van der Waals surface area contributed by atoms with E-state index in [4.69, 9.17) is 14.2 Å². The first-order valence-electron chi connectivity index (χ1n) is 6.90. The van der Waals surface area contributed by atoms with Gasteiger partial charge in [0.05, 0.1) is 30.3 Å². The Labute approximate surface area is 108 Å². The fourth-order valence-corrected chi connectivity index (χ4v) is 3.43. The van der Waals surface area contributed by atoms with Gasteiger partial charge in [0.15, 0.2) is 5.79 Å². The van der Waals surface area contributed by atoms with Crippen LogP contribution in [0, 0.1) is 16.7 Å². The van der Waals surface area contributed by atoms with Gasteiger partial charge >= 0.3 is 0 Å². The summed E-state index contributed by atoms with van der Waals surface area (Å²) in [5.74, 6) is -0.371. The molecule has 0 N–H and O–H groups in total. The summed E-state index contributed by atoms with van der Waals surface area (Å²) in [6, 6.07) is 2.56. The average molecular weight is 251 g/mol. The molecule has 100 valence electrons. The normalized spacial score (nSPS) is 31.1. The van der Waals surface area contributed by atoms with Crippen molar-refractivity contribution in [2.75, 3.05) is 20.3 Å². The zero-order chi connectivity index (χ0) is 12.7. The van der Waals surface area contributed by atoms with Crippen LogP contribution in [-0.2, 0) is 14.2 Å². The Kier molecular flexibility index (Phi) is 2.89. The molecule has 0 aromatic heterocycles. The molecule has 2 aliphatic carbocycles. The first-order chi connectivity index (χ1) is 8.66. The van der Waals surface area contributed by atoms with E-state index >= 15 is 0 Å². The molecule has 0 amide bonds. The van der Waals surface area contributed by atoms with Gasteiger partial charge in [-0.25, -0.2) is 0 Å². The van der Waals surface area contributed by atoms with Crippen LogP contribution in [0.5, 0.6) is 0 Å². The molecule has 0 bridgehead atoms. The Bertz CT molecular complexity index is 354. The Morgan fingerprint density at radius 1 is 1.06 bits per heavy atom. The van der Waals surface area contributed by atoms with Gasteiger partial charge in [-0.2, -0.15) is 5.26 Å². The quantitative estimate of drug-likeness (QED) is 0.772. The molecule has 18 heavy (non-hydrogen) atoms. The van der Waals surface area contributed by atoms with E-state index < -0.39 is 0 Å². The minimum absolute atomic E-state index is 0.00236. The summed E-state index contributed by atoms with van der Waals surface area (Å²) in [5.41, 5.74) is -0.231. The molecule has 3 fully saturated rings. The van der Waals surface area contributed by atoms with Crippen LogP contribution in [0.1, 0.15) is 44.9 Å². The second-order valence-electron chi connectivity index (χ2n) is 6.06. The number of nitrogens with zero attached hydrogens (tertiary/aromatic N) is 1. The smallest absolute Gasteiger partial charge is 0.168 e. The third kappa shape index (κ3) is 2.05. The predicted molar refractivity (Wildman–Crippen MR) is 64.7 cm³/mol. The third-order valence-corrected chi connectivity index (χ3v) is 4.92. The molecular weight excluding hydrogens is 230 g/mol. The van der Waals surface area contributed by atoms with Crippen LogP contribution < -0.4 is 0 Å². The van der Waals surface area contributed by atoms with Crippen LogP contribution in [0.15, 0.2) is 0 Å². The zero-order valence-corrected chi connectivity index (χ0v) is 11.0. The fourth-order valence-electron chi connectivity index (χ4n) is 3.43. The second kappa shape index (κ2) is 4.19. The number of rotatable bonds is 3. The van der Waals surface area contributed by atoms with Gasteiger partial charge in [-0.1, -0.05) is 0 Å². The summed E-state index contributed by atoms with van der Waals surface area (Å²) in [6.07, 6.45) is 6.52. The first kappa shape index (κ1) is 12.4. The van der Waals surface area contributed by atoms with Crippen molar-refractivity contribution in [3.63, 3.8) is 0 Å². The van der Waals surface area contributed by atoms with Crippen LogP contribution in [0.2, 0.25) is 0 Å². The number of nitriles is 1. The largest absolute Gasteiger partial charge is 0.378 e. The fraction of sp³-hybridized carbons (Fsp3) is 0.929. The maximum absolute atomic E-state index is 9.57. The van der Waals surface area contributed by atoms with Gasteiger partial charge in [0, 0.05) is 20.0 Å². The van der Waals surface area contributed by atoms with Crippen molar-refractivity contribution >= 4 is 0 Å². The van der Waals surface area contributed by atoms with Crippen molar-refractivity contribution in [1.29, 1.82) is 5.26 Å². The standard InChI is InChI=1S/C14H21NO3/c1-16-13(4-5-13)10-12(11-15)2-6-14(7-3-12)17-8-9-18-14/h2-10H2,1H3. The monoisotopic (exact) mass is 251 g/mol. The zero-order valence-electron chi connectivity index (χ0n) is 11.0. The summed E-state index contributed by atoms with van der Waals surface area (Å²) in [7, 11) is 1.77. The van der Waals surface area contributed by atoms with E-state index in [1.165, 1.54) is 0 Å². The number of hydrogen-bond acceptors (Lipinski definition) is 4. The van der Waals surface area contributed by atoms with Gasteiger partial charge < -0.3 is 14.2 Å². The second-order valence-corrected chi connectivity index (χ2v) is 6.06. The molecule has 0 atom stereocenters.